The lowest BCUT2D eigenvalue weighted by Gasteiger charge is -2.16. The summed E-state index contributed by atoms with van der Waals surface area (Å²) < 4.78 is 0. The molecule has 0 saturated carbocycles. The van der Waals surface area contributed by atoms with Gasteiger partial charge < -0.3 is 5.32 Å². The first-order valence-electron chi connectivity index (χ1n) is 6.78. The topological polar surface area (TPSA) is 24.9 Å². The lowest BCUT2D eigenvalue weighted by atomic mass is 9.97. The first kappa shape index (κ1) is 14.2. The van der Waals surface area contributed by atoms with Gasteiger partial charge in [0, 0.05) is 17.8 Å². The standard InChI is InChI=1S/C16H22N2S/c1-11(2)13-5-7-14(8-6-13)16(17-4)9-15-10-19-12(3)18-15/h5-8,10-11,16-17H,9H2,1-4H3. The molecular formula is C16H22N2S. The van der Waals surface area contributed by atoms with Gasteiger partial charge in [-0.2, -0.15) is 0 Å². The van der Waals surface area contributed by atoms with Gasteiger partial charge in [-0.1, -0.05) is 38.1 Å². The summed E-state index contributed by atoms with van der Waals surface area (Å²) in [6.07, 6.45) is 0.946. The Morgan fingerprint density at radius 1 is 1.16 bits per heavy atom. The highest BCUT2D eigenvalue weighted by molar-refractivity contribution is 7.09. The van der Waals surface area contributed by atoms with Crippen LogP contribution in [0.3, 0.4) is 0 Å². The molecule has 2 rings (SSSR count). The van der Waals surface area contributed by atoms with E-state index in [4.69, 9.17) is 0 Å². The molecule has 1 atom stereocenters. The van der Waals surface area contributed by atoms with Crippen molar-refractivity contribution in [3.63, 3.8) is 0 Å². The van der Waals surface area contributed by atoms with Crippen LogP contribution in [-0.4, -0.2) is 12.0 Å². The predicted molar refractivity (Wildman–Crippen MR) is 82.9 cm³/mol. The highest BCUT2D eigenvalue weighted by Crippen LogP contribution is 2.22. The Morgan fingerprint density at radius 2 is 1.79 bits per heavy atom. The summed E-state index contributed by atoms with van der Waals surface area (Å²) in [7, 11) is 2.01. The van der Waals surface area contributed by atoms with Crippen LogP contribution in [0.25, 0.3) is 0 Å². The number of hydrogen-bond donors (Lipinski definition) is 1. The van der Waals surface area contributed by atoms with Crippen LogP contribution in [0.15, 0.2) is 29.6 Å². The van der Waals surface area contributed by atoms with Crippen LogP contribution in [0.5, 0.6) is 0 Å². The number of likely N-dealkylation sites (N-methyl/N-ethyl adjacent to an activating group) is 1. The molecule has 1 aromatic heterocycles. The molecule has 0 bridgehead atoms. The number of aromatic nitrogens is 1. The zero-order chi connectivity index (χ0) is 13.8. The van der Waals surface area contributed by atoms with Crippen LogP contribution < -0.4 is 5.32 Å². The van der Waals surface area contributed by atoms with E-state index in [2.05, 4.69) is 60.7 Å². The quantitative estimate of drug-likeness (QED) is 0.888. The first-order chi connectivity index (χ1) is 9.10. The summed E-state index contributed by atoms with van der Waals surface area (Å²) in [6.45, 7) is 6.51. The monoisotopic (exact) mass is 274 g/mol. The Labute approximate surface area is 119 Å². The van der Waals surface area contributed by atoms with E-state index < -0.39 is 0 Å². The molecule has 2 aromatic rings. The van der Waals surface area contributed by atoms with E-state index in [9.17, 15) is 0 Å². The Kier molecular flexibility index (Phi) is 4.72. The zero-order valence-electron chi connectivity index (χ0n) is 12.1. The highest BCUT2D eigenvalue weighted by Gasteiger charge is 2.12. The number of aryl methyl sites for hydroxylation is 1. The van der Waals surface area contributed by atoms with E-state index in [0.717, 1.165) is 11.4 Å². The lowest BCUT2D eigenvalue weighted by Crippen LogP contribution is -2.19. The zero-order valence-corrected chi connectivity index (χ0v) is 12.9. The molecule has 19 heavy (non-hydrogen) atoms. The van der Waals surface area contributed by atoms with Crippen molar-refractivity contribution in [3.05, 3.63) is 51.5 Å². The van der Waals surface area contributed by atoms with Crippen LogP contribution in [0.2, 0.25) is 0 Å². The second kappa shape index (κ2) is 6.31. The molecule has 1 N–H and O–H groups in total. The molecule has 2 nitrogen and oxygen atoms in total. The minimum absolute atomic E-state index is 0.336. The van der Waals surface area contributed by atoms with Gasteiger partial charge in [0.1, 0.15) is 0 Å². The van der Waals surface area contributed by atoms with E-state index in [1.165, 1.54) is 16.8 Å². The lowest BCUT2D eigenvalue weighted by molar-refractivity contribution is 0.585. The number of benzene rings is 1. The van der Waals surface area contributed by atoms with Gasteiger partial charge in [0.15, 0.2) is 0 Å². The maximum Gasteiger partial charge on any atom is 0.0897 e. The van der Waals surface area contributed by atoms with Gasteiger partial charge >= 0.3 is 0 Å². The number of thiazole rings is 1. The van der Waals surface area contributed by atoms with Gasteiger partial charge in [-0.25, -0.2) is 4.98 Å². The molecule has 102 valence electrons. The van der Waals surface area contributed by atoms with Crippen molar-refractivity contribution in [2.24, 2.45) is 0 Å². The molecule has 0 aliphatic rings. The van der Waals surface area contributed by atoms with Crippen molar-refractivity contribution in [1.82, 2.24) is 10.3 Å². The minimum Gasteiger partial charge on any atom is -0.313 e. The van der Waals surface area contributed by atoms with Gasteiger partial charge in [-0.15, -0.1) is 11.3 Å². The SMILES string of the molecule is CNC(Cc1csc(C)n1)c1ccc(C(C)C)cc1. The third kappa shape index (κ3) is 3.64. The molecule has 1 heterocycles. The molecule has 3 heteroatoms. The van der Waals surface area contributed by atoms with Gasteiger partial charge in [0.25, 0.3) is 0 Å². The molecule has 0 radical (unpaired) electrons. The second-order valence-electron chi connectivity index (χ2n) is 5.22. The Balaban J connectivity index is 2.12. The fourth-order valence-corrected chi connectivity index (χ4v) is 2.84. The van der Waals surface area contributed by atoms with Crippen molar-refractivity contribution < 1.29 is 0 Å². The molecular weight excluding hydrogens is 252 g/mol. The van der Waals surface area contributed by atoms with E-state index >= 15 is 0 Å². The maximum absolute atomic E-state index is 4.55. The van der Waals surface area contributed by atoms with Gasteiger partial charge in [-0.05, 0) is 31.0 Å². The first-order valence-corrected chi connectivity index (χ1v) is 7.66. The van der Waals surface area contributed by atoms with Crippen molar-refractivity contribution in [1.29, 1.82) is 0 Å². The fourth-order valence-electron chi connectivity index (χ4n) is 2.21. The molecule has 1 aromatic carbocycles. The third-order valence-electron chi connectivity index (χ3n) is 3.43. The average molecular weight is 274 g/mol. The average Bonchev–Trinajstić information content (AvgIpc) is 2.81. The van der Waals surface area contributed by atoms with Crippen molar-refractivity contribution >= 4 is 11.3 Å². The van der Waals surface area contributed by atoms with Crippen LogP contribution in [0.4, 0.5) is 0 Å². The Bertz CT molecular complexity index is 514. The summed E-state index contributed by atoms with van der Waals surface area (Å²) in [5.74, 6) is 0.586. The van der Waals surface area contributed by atoms with E-state index in [-0.39, 0.29) is 0 Å². The van der Waals surface area contributed by atoms with E-state index in [1.807, 2.05) is 7.05 Å². The smallest absolute Gasteiger partial charge is 0.0897 e. The molecule has 1 unspecified atom stereocenters. The molecule has 0 saturated heterocycles. The number of nitrogens with one attached hydrogen (secondary N) is 1. The number of hydrogen-bond acceptors (Lipinski definition) is 3. The molecule has 0 fully saturated rings. The number of rotatable bonds is 5. The highest BCUT2D eigenvalue weighted by atomic mass is 32.1. The van der Waals surface area contributed by atoms with Crippen LogP contribution in [0.1, 0.15) is 47.6 Å². The van der Waals surface area contributed by atoms with E-state index in [1.54, 1.807) is 11.3 Å². The van der Waals surface area contributed by atoms with Gasteiger partial charge in [0.05, 0.1) is 10.7 Å². The van der Waals surface area contributed by atoms with Crippen molar-refractivity contribution in [2.45, 2.75) is 39.2 Å². The van der Waals surface area contributed by atoms with Crippen LogP contribution >= 0.6 is 11.3 Å². The number of nitrogens with zero attached hydrogens (tertiary/aromatic N) is 1. The van der Waals surface area contributed by atoms with E-state index in [0.29, 0.717) is 12.0 Å². The van der Waals surface area contributed by atoms with Crippen molar-refractivity contribution in [3.8, 4) is 0 Å². The third-order valence-corrected chi connectivity index (χ3v) is 4.26. The van der Waals surface area contributed by atoms with Gasteiger partial charge in [-0.3, -0.25) is 0 Å². The fraction of sp³-hybridized carbons (Fsp3) is 0.438. The largest absolute Gasteiger partial charge is 0.313 e. The summed E-state index contributed by atoms with van der Waals surface area (Å²) in [4.78, 5) is 4.55. The molecule has 0 aliphatic carbocycles. The summed E-state index contributed by atoms with van der Waals surface area (Å²) in [5.41, 5.74) is 3.90. The maximum atomic E-state index is 4.55. The van der Waals surface area contributed by atoms with Crippen molar-refractivity contribution in [2.75, 3.05) is 7.05 Å². The minimum atomic E-state index is 0.336. The Morgan fingerprint density at radius 3 is 2.26 bits per heavy atom. The summed E-state index contributed by atoms with van der Waals surface area (Å²) in [5, 5.41) is 6.68. The second-order valence-corrected chi connectivity index (χ2v) is 6.29. The summed E-state index contributed by atoms with van der Waals surface area (Å²) >= 11 is 1.72. The van der Waals surface area contributed by atoms with Gasteiger partial charge in [0.2, 0.25) is 0 Å². The predicted octanol–water partition coefficient (Wildman–Crippen LogP) is 4.08. The Hall–Kier alpha value is -1.19. The molecule has 0 aliphatic heterocycles. The summed E-state index contributed by atoms with van der Waals surface area (Å²) in [6, 6.07) is 9.27. The van der Waals surface area contributed by atoms with Crippen LogP contribution in [0, 0.1) is 6.92 Å². The molecule has 0 spiro atoms. The van der Waals surface area contributed by atoms with Crippen LogP contribution in [-0.2, 0) is 6.42 Å². The molecule has 0 amide bonds. The normalized spacial score (nSPS) is 12.9.